The van der Waals surface area contributed by atoms with E-state index < -0.39 is 8.80 Å². The molecule has 7 nitrogen and oxygen atoms in total. The molecule has 0 aliphatic carbocycles. The van der Waals surface area contributed by atoms with Crippen LogP contribution >= 0.6 is 0 Å². The fourth-order valence-electron chi connectivity index (χ4n) is 3.21. The van der Waals surface area contributed by atoms with Crippen LogP contribution in [-0.4, -0.2) is 33.6 Å². The number of nitrogens with zero attached hydrogens (tertiary/aromatic N) is 3. The SMILES string of the molecule is CCCCCCCCCCCCCCCCCCO[Si](N=C=O)(N=C=O)N=C=O. The molecule has 8 heteroatoms. The molecule has 0 aromatic carbocycles. The van der Waals surface area contributed by atoms with Crippen molar-refractivity contribution in [1.29, 1.82) is 0 Å². The van der Waals surface area contributed by atoms with Gasteiger partial charge >= 0.3 is 8.80 Å². The van der Waals surface area contributed by atoms with Crippen molar-refractivity contribution in [3.8, 4) is 0 Å². The average Bonchev–Trinajstić information content (AvgIpc) is 2.71. The molecule has 0 unspecified atom stereocenters. The Labute approximate surface area is 176 Å². The molecule has 0 aliphatic heterocycles. The predicted octanol–water partition coefficient (Wildman–Crippen LogP) is 5.71. The Morgan fingerprint density at radius 3 is 1.17 bits per heavy atom. The summed E-state index contributed by atoms with van der Waals surface area (Å²) >= 11 is 0. The Hall–Kier alpha value is -1.68. The summed E-state index contributed by atoms with van der Waals surface area (Å²) in [5.41, 5.74) is 0. The summed E-state index contributed by atoms with van der Waals surface area (Å²) in [7, 11) is -3.80. The van der Waals surface area contributed by atoms with Gasteiger partial charge in [0.25, 0.3) is 0 Å². The minimum Gasteiger partial charge on any atom is -0.363 e. The number of rotatable bonds is 21. The van der Waals surface area contributed by atoms with Gasteiger partial charge in [-0.3, -0.25) is 0 Å². The summed E-state index contributed by atoms with van der Waals surface area (Å²) in [6.07, 6.45) is 24.0. The quantitative estimate of drug-likeness (QED) is 0.102. The zero-order valence-electron chi connectivity index (χ0n) is 18.0. The molecule has 0 aliphatic rings. The third-order valence-electron chi connectivity index (χ3n) is 4.87. The molecule has 0 aromatic rings. The van der Waals surface area contributed by atoms with Crippen LogP contribution in [0.1, 0.15) is 110 Å². The van der Waals surface area contributed by atoms with E-state index in [2.05, 4.69) is 20.9 Å². The average molecular weight is 424 g/mol. The molecule has 164 valence electrons. The summed E-state index contributed by atoms with van der Waals surface area (Å²) in [5.74, 6) is 0. The largest absolute Gasteiger partial charge is 0.633 e. The van der Waals surface area contributed by atoms with Crippen molar-refractivity contribution in [3.05, 3.63) is 0 Å². The van der Waals surface area contributed by atoms with E-state index in [1.54, 1.807) is 0 Å². The Bertz CT molecular complexity index is 494. The third kappa shape index (κ3) is 16.9. The van der Waals surface area contributed by atoms with E-state index in [0.29, 0.717) is 0 Å². The molecule has 0 spiro atoms. The third-order valence-corrected chi connectivity index (χ3v) is 6.61. The molecule has 0 heterocycles. The first-order valence-corrected chi connectivity index (χ1v) is 12.9. The number of isocyanates is 3. The molecular formula is C21H37N3O4Si. The molecule has 0 radical (unpaired) electrons. The topological polar surface area (TPSA) is 97.5 Å². The van der Waals surface area contributed by atoms with Gasteiger partial charge in [-0.2, -0.15) is 14.0 Å². The molecule has 29 heavy (non-hydrogen) atoms. The second kappa shape index (κ2) is 21.0. The van der Waals surface area contributed by atoms with Crippen molar-refractivity contribution in [2.24, 2.45) is 14.0 Å². The van der Waals surface area contributed by atoms with Crippen LogP contribution in [0.3, 0.4) is 0 Å². The summed E-state index contributed by atoms with van der Waals surface area (Å²) in [6, 6.07) is 0. The highest BCUT2D eigenvalue weighted by Crippen LogP contribution is 2.14. The first-order valence-electron chi connectivity index (χ1n) is 11.2. The molecule has 0 fully saturated rings. The van der Waals surface area contributed by atoms with Gasteiger partial charge in [0.15, 0.2) is 0 Å². The second-order valence-electron chi connectivity index (χ2n) is 7.33. The van der Waals surface area contributed by atoms with Gasteiger partial charge in [0.1, 0.15) is 0 Å². The highest BCUT2D eigenvalue weighted by atomic mass is 28.4. The predicted molar refractivity (Wildman–Crippen MR) is 116 cm³/mol. The molecule has 0 N–H and O–H groups in total. The van der Waals surface area contributed by atoms with E-state index in [4.69, 9.17) is 4.43 Å². The van der Waals surface area contributed by atoms with Crippen LogP contribution in [0.4, 0.5) is 0 Å². The van der Waals surface area contributed by atoms with E-state index in [9.17, 15) is 14.4 Å². The molecular weight excluding hydrogens is 386 g/mol. The smallest absolute Gasteiger partial charge is 0.363 e. The van der Waals surface area contributed by atoms with Crippen LogP contribution in [0.15, 0.2) is 14.0 Å². The van der Waals surface area contributed by atoms with Gasteiger partial charge in [-0.1, -0.05) is 103 Å². The van der Waals surface area contributed by atoms with E-state index in [-0.39, 0.29) is 6.61 Å². The van der Waals surface area contributed by atoms with Crippen molar-refractivity contribution in [2.75, 3.05) is 6.61 Å². The van der Waals surface area contributed by atoms with Crippen molar-refractivity contribution >= 4 is 27.0 Å². The van der Waals surface area contributed by atoms with E-state index in [1.165, 1.54) is 102 Å². The lowest BCUT2D eigenvalue weighted by molar-refractivity contribution is 0.288. The van der Waals surface area contributed by atoms with Gasteiger partial charge in [0.05, 0.1) is 0 Å². The van der Waals surface area contributed by atoms with Crippen LogP contribution in [0.5, 0.6) is 0 Å². The van der Waals surface area contributed by atoms with Gasteiger partial charge in [-0.15, -0.1) is 0 Å². The molecule has 0 saturated heterocycles. The maximum atomic E-state index is 10.4. The van der Waals surface area contributed by atoms with Crippen molar-refractivity contribution < 1.29 is 18.8 Å². The Balaban J connectivity index is 3.54. The maximum Gasteiger partial charge on any atom is 0.633 e. The van der Waals surface area contributed by atoms with Gasteiger partial charge < -0.3 is 4.43 Å². The first kappa shape index (κ1) is 27.3. The van der Waals surface area contributed by atoms with Crippen molar-refractivity contribution in [3.63, 3.8) is 0 Å². The standard InChI is InChI=1S/C21H37N3O4Si/c1-2-3-4-5-6-7-8-9-10-11-12-13-14-15-16-17-18-28-29(22-19-25,23-20-26)24-21-27/h2-18H2,1H3. The normalized spacial score (nSPS) is 12.3. The molecule has 0 saturated carbocycles. The number of hydrogen-bond donors (Lipinski definition) is 0. The first-order chi connectivity index (χ1) is 14.2. The summed E-state index contributed by atoms with van der Waals surface area (Å²) in [4.78, 5) is 31.3. The molecule has 0 aromatic heterocycles. The number of hydrogen-bond acceptors (Lipinski definition) is 7. The summed E-state index contributed by atoms with van der Waals surface area (Å²) < 4.78 is 15.2. The number of unbranched alkanes of at least 4 members (excludes halogenated alkanes) is 15. The Kier molecular flexibility index (Phi) is 19.8. The van der Waals surface area contributed by atoms with Crippen LogP contribution in [-0.2, 0) is 18.8 Å². The fourth-order valence-corrected chi connectivity index (χ4v) is 4.33. The van der Waals surface area contributed by atoms with Gasteiger partial charge in [0.2, 0.25) is 18.2 Å². The fraction of sp³-hybridized carbons (Fsp3) is 0.857. The molecule has 0 rings (SSSR count). The second-order valence-corrected chi connectivity index (χ2v) is 9.44. The molecule has 0 bridgehead atoms. The number of carbonyl (C=O) groups excluding carboxylic acids is 3. The lowest BCUT2D eigenvalue weighted by Gasteiger charge is -2.11. The maximum absolute atomic E-state index is 10.4. The summed E-state index contributed by atoms with van der Waals surface area (Å²) in [6.45, 7) is 2.48. The van der Waals surface area contributed by atoms with E-state index in [1.807, 2.05) is 0 Å². The minimum atomic E-state index is -3.80. The minimum absolute atomic E-state index is 0.228. The lowest BCUT2D eigenvalue weighted by atomic mass is 10.0. The Morgan fingerprint density at radius 2 is 0.862 bits per heavy atom. The van der Waals surface area contributed by atoms with Gasteiger partial charge in [0, 0.05) is 6.61 Å². The molecule has 0 amide bonds. The van der Waals surface area contributed by atoms with Crippen LogP contribution in [0, 0.1) is 0 Å². The highest BCUT2D eigenvalue weighted by Gasteiger charge is 2.39. The zero-order valence-corrected chi connectivity index (χ0v) is 19.0. The van der Waals surface area contributed by atoms with Crippen LogP contribution in [0.25, 0.3) is 0 Å². The highest BCUT2D eigenvalue weighted by molar-refractivity contribution is 6.70. The van der Waals surface area contributed by atoms with E-state index >= 15 is 0 Å². The lowest BCUT2D eigenvalue weighted by Crippen LogP contribution is -2.33. The van der Waals surface area contributed by atoms with Crippen molar-refractivity contribution in [1.82, 2.24) is 0 Å². The molecule has 0 atom stereocenters. The summed E-state index contributed by atoms with van der Waals surface area (Å²) in [5, 5.41) is 0. The van der Waals surface area contributed by atoms with E-state index in [0.717, 1.165) is 19.3 Å². The van der Waals surface area contributed by atoms with Gasteiger partial charge in [-0.05, 0) is 6.42 Å². The van der Waals surface area contributed by atoms with Crippen LogP contribution in [0.2, 0.25) is 0 Å². The van der Waals surface area contributed by atoms with Crippen molar-refractivity contribution in [2.45, 2.75) is 110 Å². The van der Waals surface area contributed by atoms with Crippen LogP contribution < -0.4 is 0 Å². The monoisotopic (exact) mass is 423 g/mol. The van der Waals surface area contributed by atoms with Gasteiger partial charge in [-0.25, -0.2) is 14.4 Å². The Morgan fingerprint density at radius 1 is 0.552 bits per heavy atom. The zero-order chi connectivity index (χ0) is 21.5.